The largest absolute Gasteiger partial charge is 0.444 e. The zero-order valence-electron chi connectivity index (χ0n) is 10.9. The van der Waals surface area contributed by atoms with Gasteiger partial charge in [0.1, 0.15) is 5.60 Å². The molecular formula is C12H22N2O3. The number of hydrogen-bond acceptors (Lipinski definition) is 4. The molecule has 2 atom stereocenters. The normalized spacial score (nSPS) is 29.7. The van der Waals surface area contributed by atoms with Gasteiger partial charge in [-0.2, -0.15) is 0 Å². The van der Waals surface area contributed by atoms with Crippen LogP contribution >= 0.6 is 0 Å². The van der Waals surface area contributed by atoms with Crippen LogP contribution in [-0.2, 0) is 9.47 Å². The standard InChI is InChI=1S/C12H22N2O3/c1-12(2,3)17-11(15)14-6-7-16-10-4-5-13-8-9(10)14/h9-10,13H,4-8H2,1-3H3/t9-,10-/m1/s1. The van der Waals surface area contributed by atoms with Gasteiger partial charge in [-0.15, -0.1) is 0 Å². The quantitative estimate of drug-likeness (QED) is 0.688. The Bertz CT molecular complexity index is 286. The summed E-state index contributed by atoms with van der Waals surface area (Å²) in [4.78, 5) is 13.9. The lowest BCUT2D eigenvalue weighted by Crippen LogP contribution is -2.61. The number of carbonyl (C=O) groups excluding carboxylic acids is 1. The molecule has 0 aliphatic carbocycles. The monoisotopic (exact) mass is 242 g/mol. The van der Waals surface area contributed by atoms with Gasteiger partial charge >= 0.3 is 6.09 Å². The minimum absolute atomic E-state index is 0.118. The van der Waals surface area contributed by atoms with Crippen LogP contribution < -0.4 is 5.32 Å². The predicted molar refractivity (Wildman–Crippen MR) is 64.0 cm³/mol. The topological polar surface area (TPSA) is 50.8 Å². The number of carbonyl (C=O) groups is 1. The molecule has 2 aliphatic heterocycles. The fourth-order valence-corrected chi connectivity index (χ4v) is 2.34. The number of fused-ring (bicyclic) bond motifs is 1. The fourth-order valence-electron chi connectivity index (χ4n) is 2.34. The third-order valence-electron chi connectivity index (χ3n) is 3.08. The number of morpholine rings is 1. The van der Waals surface area contributed by atoms with Crippen LogP contribution in [0.4, 0.5) is 4.79 Å². The van der Waals surface area contributed by atoms with E-state index in [4.69, 9.17) is 9.47 Å². The molecule has 0 bridgehead atoms. The number of amides is 1. The molecule has 2 saturated heterocycles. The van der Waals surface area contributed by atoms with Gasteiger partial charge in [0.2, 0.25) is 0 Å². The summed E-state index contributed by atoms with van der Waals surface area (Å²) in [7, 11) is 0. The van der Waals surface area contributed by atoms with E-state index in [2.05, 4.69) is 5.32 Å². The molecule has 5 nitrogen and oxygen atoms in total. The number of rotatable bonds is 0. The van der Waals surface area contributed by atoms with Crippen molar-refractivity contribution >= 4 is 6.09 Å². The van der Waals surface area contributed by atoms with Crippen molar-refractivity contribution in [3.8, 4) is 0 Å². The lowest BCUT2D eigenvalue weighted by Gasteiger charge is -2.43. The number of piperidine rings is 1. The molecule has 0 unspecified atom stereocenters. The van der Waals surface area contributed by atoms with Crippen molar-refractivity contribution in [3.63, 3.8) is 0 Å². The van der Waals surface area contributed by atoms with Gasteiger partial charge in [-0.25, -0.2) is 4.79 Å². The molecule has 0 aromatic carbocycles. The third-order valence-corrected chi connectivity index (χ3v) is 3.08. The molecule has 2 rings (SSSR count). The average Bonchev–Trinajstić information content (AvgIpc) is 2.26. The summed E-state index contributed by atoms with van der Waals surface area (Å²) in [6.07, 6.45) is 0.904. The molecule has 17 heavy (non-hydrogen) atoms. The van der Waals surface area contributed by atoms with Gasteiger partial charge in [0.05, 0.1) is 18.8 Å². The maximum atomic E-state index is 12.1. The molecule has 0 spiro atoms. The highest BCUT2D eigenvalue weighted by Gasteiger charge is 2.38. The second-order valence-corrected chi connectivity index (χ2v) is 5.64. The lowest BCUT2D eigenvalue weighted by molar-refractivity contribution is -0.0849. The van der Waals surface area contributed by atoms with Crippen molar-refractivity contribution in [2.45, 2.75) is 44.9 Å². The van der Waals surface area contributed by atoms with Gasteiger partial charge in [0.25, 0.3) is 0 Å². The first-order valence-electron chi connectivity index (χ1n) is 6.29. The lowest BCUT2D eigenvalue weighted by atomic mass is 10.0. The number of nitrogens with zero attached hydrogens (tertiary/aromatic N) is 1. The van der Waals surface area contributed by atoms with E-state index in [0.717, 1.165) is 19.5 Å². The van der Waals surface area contributed by atoms with Crippen molar-refractivity contribution in [2.75, 3.05) is 26.2 Å². The maximum Gasteiger partial charge on any atom is 0.410 e. The first-order valence-corrected chi connectivity index (χ1v) is 6.29. The summed E-state index contributed by atoms with van der Waals surface area (Å²) in [5.41, 5.74) is -0.438. The van der Waals surface area contributed by atoms with Gasteiger partial charge in [-0.05, 0) is 33.7 Å². The summed E-state index contributed by atoms with van der Waals surface area (Å²) in [5.74, 6) is 0. The Kier molecular flexibility index (Phi) is 3.58. The van der Waals surface area contributed by atoms with E-state index >= 15 is 0 Å². The van der Waals surface area contributed by atoms with Crippen molar-refractivity contribution in [2.24, 2.45) is 0 Å². The molecule has 1 N–H and O–H groups in total. The Morgan fingerprint density at radius 3 is 2.94 bits per heavy atom. The van der Waals surface area contributed by atoms with Gasteiger partial charge in [0.15, 0.2) is 0 Å². The second-order valence-electron chi connectivity index (χ2n) is 5.64. The van der Waals surface area contributed by atoms with Crippen LogP contribution in [0.1, 0.15) is 27.2 Å². The molecule has 2 heterocycles. The summed E-state index contributed by atoms with van der Waals surface area (Å²) < 4.78 is 11.1. The van der Waals surface area contributed by atoms with E-state index in [-0.39, 0.29) is 18.2 Å². The van der Waals surface area contributed by atoms with E-state index in [1.807, 2.05) is 25.7 Å². The van der Waals surface area contributed by atoms with Gasteiger partial charge < -0.3 is 14.8 Å². The van der Waals surface area contributed by atoms with Gasteiger partial charge in [-0.1, -0.05) is 0 Å². The molecule has 5 heteroatoms. The van der Waals surface area contributed by atoms with Crippen LogP contribution in [-0.4, -0.2) is 55.0 Å². The number of hydrogen-bond donors (Lipinski definition) is 1. The molecule has 0 aromatic rings. The summed E-state index contributed by atoms with van der Waals surface area (Å²) >= 11 is 0. The molecular weight excluding hydrogens is 220 g/mol. The highest BCUT2D eigenvalue weighted by molar-refractivity contribution is 5.68. The smallest absolute Gasteiger partial charge is 0.410 e. The zero-order chi connectivity index (χ0) is 12.5. The maximum absolute atomic E-state index is 12.1. The summed E-state index contributed by atoms with van der Waals surface area (Å²) in [5, 5.41) is 3.30. The van der Waals surface area contributed by atoms with Crippen molar-refractivity contribution in [1.82, 2.24) is 10.2 Å². The van der Waals surface area contributed by atoms with E-state index in [9.17, 15) is 4.79 Å². The fraction of sp³-hybridized carbons (Fsp3) is 0.917. The predicted octanol–water partition coefficient (Wildman–Crippen LogP) is 0.984. The van der Waals surface area contributed by atoms with Crippen LogP contribution in [0.25, 0.3) is 0 Å². The SMILES string of the molecule is CC(C)(C)OC(=O)N1CCO[C@@H]2CCNC[C@H]21. The second kappa shape index (κ2) is 4.82. The van der Waals surface area contributed by atoms with Crippen LogP contribution in [0.2, 0.25) is 0 Å². The van der Waals surface area contributed by atoms with Crippen LogP contribution in [0.5, 0.6) is 0 Å². The summed E-state index contributed by atoms with van der Waals surface area (Å²) in [6, 6.07) is 0.118. The Hall–Kier alpha value is -0.810. The van der Waals surface area contributed by atoms with Crippen LogP contribution in [0.15, 0.2) is 0 Å². The van der Waals surface area contributed by atoms with Gasteiger partial charge in [0, 0.05) is 13.1 Å². The van der Waals surface area contributed by atoms with Crippen molar-refractivity contribution in [3.05, 3.63) is 0 Å². The Balaban J connectivity index is 2.01. The van der Waals surface area contributed by atoms with Gasteiger partial charge in [-0.3, -0.25) is 4.90 Å². The Labute approximate surface area is 102 Å². The van der Waals surface area contributed by atoms with E-state index in [0.29, 0.717) is 13.2 Å². The number of ether oxygens (including phenoxy) is 2. The number of nitrogens with one attached hydrogen (secondary N) is 1. The van der Waals surface area contributed by atoms with Crippen molar-refractivity contribution in [1.29, 1.82) is 0 Å². The molecule has 98 valence electrons. The first kappa shape index (κ1) is 12.6. The molecule has 1 amide bonds. The third kappa shape index (κ3) is 3.10. The minimum atomic E-state index is -0.438. The van der Waals surface area contributed by atoms with E-state index in [1.165, 1.54) is 0 Å². The summed E-state index contributed by atoms with van der Waals surface area (Å²) in [6.45, 7) is 8.66. The first-order chi connectivity index (χ1) is 7.97. The molecule has 0 radical (unpaired) electrons. The van der Waals surface area contributed by atoms with Crippen LogP contribution in [0, 0.1) is 0 Å². The zero-order valence-corrected chi connectivity index (χ0v) is 10.9. The van der Waals surface area contributed by atoms with E-state index in [1.54, 1.807) is 0 Å². The molecule has 2 aliphatic rings. The minimum Gasteiger partial charge on any atom is -0.444 e. The Morgan fingerprint density at radius 1 is 1.47 bits per heavy atom. The van der Waals surface area contributed by atoms with Crippen LogP contribution in [0.3, 0.4) is 0 Å². The van der Waals surface area contributed by atoms with Crippen molar-refractivity contribution < 1.29 is 14.3 Å². The molecule has 0 aromatic heterocycles. The highest BCUT2D eigenvalue weighted by Crippen LogP contribution is 2.21. The van der Waals surface area contributed by atoms with E-state index < -0.39 is 5.60 Å². The molecule has 2 fully saturated rings. The molecule has 0 saturated carbocycles. The Morgan fingerprint density at radius 2 is 2.24 bits per heavy atom. The average molecular weight is 242 g/mol. The highest BCUT2D eigenvalue weighted by atomic mass is 16.6.